The summed E-state index contributed by atoms with van der Waals surface area (Å²) in [6.07, 6.45) is -1.92. The van der Waals surface area contributed by atoms with Gasteiger partial charge < -0.3 is 15.9 Å². The number of aliphatic hydroxyl groups is 2. The van der Waals surface area contributed by atoms with Gasteiger partial charge in [-0.15, -0.1) is 0 Å². The van der Waals surface area contributed by atoms with Crippen LogP contribution in [0.3, 0.4) is 0 Å². The van der Waals surface area contributed by atoms with E-state index in [-0.39, 0.29) is 13.0 Å². The van der Waals surface area contributed by atoms with Crippen LogP contribution in [0.4, 0.5) is 5.69 Å². The van der Waals surface area contributed by atoms with E-state index in [2.05, 4.69) is 26.0 Å². The van der Waals surface area contributed by atoms with Gasteiger partial charge in [-0.05, 0) is 24.1 Å². The maximum absolute atomic E-state index is 9.88. The van der Waals surface area contributed by atoms with E-state index in [0.717, 1.165) is 4.47 Å². The number of nitrogens with two attached hydrogens (primary N) is 1. The summed E-state index contributed by atoms with van der Waals surface area (Å²) in [5.41, 5.74) is 14.7. The van der Waals surface area contributed by atoms with E-state index in [1.807, 2.05) is 0 Å². The molecule has 1 aromatic carbocycles. The minimum Gasteiger partial charge on any atom is -0.398 e. The van der Waals surface area contributed by atoms with E-state index < -0.39 is 12.2 Å². The zero-order chi connectivity index (χ0) is 12.8. The minimum absolute atomic E-state index is 0.130. The van der Waals surface area contributed by atoms with Gasteiger partial charge in [0.1, 0.15) is 6.10 Å². The van der Waals surface area contributed by atoms with Gasteiger partial charge in [0, 0.05) is 27.2 Å². The SMILES string of the molecule is [N-]=[N+]=NCCC(O)C(O)c1ccc(Br)cc1N. The average Bonchev–Trinajstić information content (AvgIpc) is 2.28. The first-order valence-electron chi connectivity index (χ1n) is 4.98. The first-order valence-corrected chi connectivity index (χ1v) is 5.77. The van der Waals surface area contributed by atoms with Crippen molar-refractivity contribution in [2.75, 3.05) is 12.3 Å². The van der Waals surface area contributed by atoms with Crippen LogP contribution in [0.25, 0.3) is 10.4 Å². The lowest BCUT2D eigenvalue weighted by atomic mass is 10.0. The van der Waals surface area contributed by atoms with Gasteiger partial charge in [-0.3, -0.25) is 0 Å². The fourth-order valence-electron chi connectivity index (χ4n) is 1.41. The monoisotopic (exact) mass is 300 g/mol. The van der Waals surface area contributed by atoms with Crippen molar-refractivity contribution in [2.45, 2.75) is 18.6 Å². The molecule has 0 radical (unpaired) electrons. The number of benzene rings is 1. The summed E-state index contributed by atoms with van der Waals surface area (Å²) in [7, 11) is 0. The Morgan fingerprint density at radius 1 is 1.47 bits per heavy atom. The molecule has 2 unspecified atom stereocenters. The molecule has 0 amide bonds. The van der Waals surface area contributed by atoms with Crippen molar-refractivity contribution < 1.29 is 10.2 Å². The van der Waals surface area contributed by atoms with Crippen LogP contribution in [0.15, 0.2) is 27.8 Å². The molecule has 0 aromatic heterocycles. The Kier molecular flexibility index (Phi) is 5.24. The smallest absolute Gasteiger partial charge is 0.107 e. The van der Waals surface area contributed by atoms with Crippen molar-refractivity contribution in [1.82, 2.24) is 0 Å². The van der Waals surface area contributed by atoms with Crippen LogP contribution >= 0.6 is 15.9 Å². The number of nitrogens with zero attached hydrogens (tertiary/aromatic N) is 3. The summed E-state index contributed by atoms with van der Waals surface area (Å²) in [6.45, 7) is 0.130. The largest absolute Gasteiger partial charge is 0.398 e. The number of nitrogen functional groups attached to an aromatic ring is 1. The predicted molar refractivity (Wildman–Crippen MR) is 68.2 cm³/mol. The van der Waals surface area contributed by atoms with E-state index >= 15 is 0 Å². The van der Waals surface area contributed by atoms with Crippen molar-refractivity contribution in [1.29, 1.82) is 0 Å². The zero-order valence-corrected chi connectivity index (χ0v) is 10.6. The van der Waals surface area contributed by atoms with E-state index in [1.165, 1.54) is 0 Å². The minimum atomic E-state index is -1.09. The molecule has 0 fully saturated rings. The van der Waals surface area contributed by atoms with Crippen molar-refractivity contribution in [3.05, 3.63) is 38.7 Å². The molecule has 92 valence electrons. The Morgan fingerprint density at radius 2 is 2.18 bits per heavy atom. The van der Waals surface area contributed by atoms with Gasteiger partial charge in [-0.2, -0.15) is 0 Å². The number of aliphatic hydroxyl groups excluding tert-OH is 2. The molecule has 1 rings (SSSR count). The second-order valence-electron chi connectivity index (χ2n) is 3.53. The fraction of sp³-hybridized carbons (Fsp3) is 0.400. The van der Waals surface area contributed by atoms with Gasteiger partial charge in [0.25, 0.3) is 0 Å². The van der Waals surface area contributed by atoms with Crippen LogP contribution in [0, 0.1) is 0 Å². The molecular weight excluding hydrogens is 288 g/mol. The molecule has 6 nitrogen and oxygen atoms in total. The number of azide groups is 1. The summed E-state index contributed by atoms with van der Waals surface area (Å²) in [4.78, 5) is 2.57. The van der Waals surface area contributed by atoms with E-state index in [9.17, 15) is 10.2 Å². The van der Waals surface area contributed by atoms with Crippen LogP contribution in [-0.4, -0.2) is 22.9 Å². The molecule has 0 bridgehead atoms. The highest BCUT2D eigenvalue weighted by molar-refractivity contribution is 9.10. The van der Waals surface area contributed by atoms with Crippen molar-refractivity contribution >= 4 is 21.6 Å². The quantitative estimate of drug-likeness (QED) is 0.335. The zero-order valence-electron chi connectivity index (χ0n) is 8.99. The maximum atomic E-state index is 9.88. The number of hydrogen-bond acceptors (Lipinski definition) is 4. The maximum Gasteiger partial charge on any atom is 0.107 e. The fourth-order valence-corrected chi connectivity index (χ4v) is 1.79. The molecule has 1 aromatic rings. The van der Waals surface area contributed by atoms with Crippen LogP contribution in [0.2, 0.25) is 0 Å². The van der Waals surface area contributed by atoms with Crippen LogP contribution in [-0.2, 0) is 0 Å². The summed E-state index contributed by atoms with van der Waals surface area (Å²) >= 11 is 3.25. The summed E-state index contributed by atoms with van der Waals surface area (Å²) in [6, 6.07) is 5.02. The highest BCUT2D eigenvalue weighted by Crippen LogP contribution is 2.27. The summed E-state index contributed by atoms with van der Waals surface area (Å²) in [5, 5.41) is 22.9. The van der Waals surface area contributed by atoms with E-state index in [1.54, 1.807) is 18.2 Å². The molecule has 0 aliphatic heterocycles. The second kappa shape index (κ2) is 6.46. The lowest BCUT2D eigenvalue weighted by Gasteiger charge is -2.19. The Bertz CT molecular complexity index is 434. The van der Waals surface area contributed by atoms with Crippen molar-refractivity contribution in [3.63, 3.8) is 0 Å². The first kappa shape index (κ1) is 13.8. The normalized spacial score (nSPS) is 13.8. The van der Waals surface area contributed by atoms with Gasteiger partial charge in [-0.25, -0.2) is 0 Å². The van der Waals surface area contributed by atoms with Crippen LogP contribution in [0.5, 0.6) is 0 Å². The Hall–Kier alpha value is -1.27. The molecule has 0 aliphatic carbocycles. The molecular formula is C10H13BrN4O2. The molecule has 4 N–H and O–H groups in total. The average molecular weight is 301 g/mol. The third kappa shape index (κ3) is 3.90. The number of anilines is 1. The van der Waals surface area contributed by atoms with E-state index in [0.29, 0.717) is 11.3 Å². The molecule has 17 heavy (non-hydrogen) atoms. The summed E-state index contributed by atoms with van der Waals surface area (Å²) in [5.74, 6) is 0. The molecule has 7 heteroatoms. The van der Waals surface area contributed by atoms with Gasteiger partial charge in [0.15, 0.2) is 0 Å². The predicted octanol–water partition coefficient (Wildman–Crippen LogP) is 2.13. The number of hydrogen-bond donors (Lipinski definition) is 3. The van der Waals surface area contributed by atoms with E-state index in [4.69, 9.17) is 11.3 Å². The number of rotatable bonds is 5. The second-order valence-corrected chi connectivity index (χ2v) is 4.44. The molecule has 0 saturated heterocycles. The topological polar surface area (TPSA) is 115 Å². The molecule has 2 atom stereocenters. The Morgan fingerprint density at radius 3 is 2.76 bits per heavy atom. The van der Waals surface area contributed by atoms with Gasteiger partial charge >= 0.3 is 0 Å². The molecule has 0 aliphatic rings. The molecule has 0 saturated carbocycles. The molecule has 0 spiro atoms. The van der Waals surface area contributed by atoms with Gasteiger partial charge in [-0.1, -0.05) is 27.1 Å². The lowest BCUT2D eigenvalue weighted by molar-refractivity contribution is 0.0154. The molecule has 0 heterocycles. The van der Waals surface area contributed by atoms with Gasteiger partial charge in [0.2, 0.25) is 0 Å². The number of halogens is 1. The van der Waals surface area contributed by atoms with Crippen LogP contribution in [0.1, 0.15) is 18.1 Å². The van der Waals surface area contributed by atoms with Gasteiger partial charge in [0.05, 0.1) is 6.10 Å². The Balaban J connectivity index is 2.73. The van der Waals surface area contributed by atoms with Crippen LogP contribution < -0.4 is 5.73 Å². The summed E-state index contributed by atoms with van der Waals surface area (Å²) < 4.78 is 0.800. The lowest BCUT2D eigenvalue weighted by Crippen LogP contribution is -2.20. The third-order valence-electron chi connectivity index (χ3n) is 2.32. The third-order valence-corrected chi connectivity index (χ3v) is 2.81. The van der Waals surface area contributed by atoms with Crippen molar-refractivity contribution in [2.24, 2.45) is 5.11 Å². The Labute approximate surface area is 107 Å². The standard InChI is InChI=1S/C10H13BrN4O2/c11-6-1-2-7(8(12)5-6)10(17)9(16)3-4-14-15-13/h1-2,5,9-10,16-17H,3-4,12H2. The first-order chi connectivity index (χ1) is 8.06. The highest BCUT2D eigenvalue weighted by Gasteiger charge is 2.19. The van der Waals surface area contributed by atoms with Crippen molar-refractivity contribution in [3.8, 4) is 0 Å². The highest BCUT2D eigenvalue weighted by atomic mass is 79.9.